The van der Waals surface area contributed by atoms with Gasteiger partial charge in [0.1, 0.15) is 6.10 Å². The summed E-state index contributed by atoms with van der Waals surface area (Å²) < 4.78 is 26.4. The van der Waals surface area contributed by atoms with Gasteiger partial charge in [-0.05, 0) is 44.4 Å². The van der Waals surface area contributed by atoms with Crippen molar-refractivity contribution in [3.63, 3.8) is 0 Å². The number of pyridine rings is 1. The number of aromatic nitrogens is 4. The number of anilines is 1. The molecule has 5 rings (SSSR count). The number of halogens is 3. The fraction of sp³-hybridized carbons (Fsp3) is 0.476. The molecule has 178 valence electrons. The smallest absolute Gasteiger partial charge is 0.256 e. The van der Waals surface area contributed by atoms with Gasteiger partial charge in [-0.3, -0.25) is 0 Å². The Balaban J connectivity index is 0.000000821. The number of aliphatic hydroxyl groups excluding tert-OH is 1. The zero-order valence-electron chi connectivity index (χ0n) is 17.8. The molecule has 2 saturated heterocycles. The number of hydrogen-bond acceptors (Lipinski definition) is 8. The number of rotatable bonds is 4. The van der Waals surface area contributed by atoms with E-state index in [-0.39, 0.29) is 23.9 Å². The molecule has 12 heteroatoms. The van der Waals surface area contributed by atoms with E-state index in [1.165, 1.54) is 0 Å². The molecule has 3 aromatic rings. The summed E-state index contributed by atoms with van der Waals surface area (Å²) >= 11 is 8.53. The van der Waals surface area contributed by atoms with Gasteiger partial charge < -0.3 is 20.1 Å². The highest BCUT2D eigenvalue weighted by Crippen LogP contribution is 2.32. The molecule has 0 amide bonds. The van der Waals surface area contributed by atoms with Crippen LogP contribution in [0.2, 0.25) is 0 Å². The number of nitrogens with zero attached hydrogens (tertiary/aromatic N) is 5. The highest BCUT2D eigenvalue weighted by Gasteiger charge is 2.27. The van der Waals surface area contributed by atoms with Crippen LogP contribution < -0.4 is 15.0 Å². The number of aliphatic hydroxyl groups is 1. The number of piperidine rings is 2. The molecule has 0 aromatic carbocycles. The van der Waals surface area contributed by atoms with Crippen molar-refractivity contribution in [1.29, 1.82) is 0 Å². The van der Waals surface area contributed by atoms with Crippen LogP contribution in [0.1, 0.15) is 25.7 Å². The summed E-state index contributed by atoms with van der Waals surface area (Å²) in [5.74, 6) is 0.0423. The zero-order chi connectivity index (χ0) is 23.2. The Kier molecular flexibility index (Phi) is 8.15. The van der Waals surface area contributed by atoms with Crippen LogP contribution in [0.5, 0.6) is 5.88 Å². The van der Waals surface area contributed by atoms with Crippen molar-refractivity contribution in [3.8, 4) is 17.3 Å². The average molecular weight is 499 g/mol. The second-order valence-electron chi connectivity index (χ2n) is 7.94. The second kappa shape index (κ2) is 11.3. The molecule has 9 nitrogen and oxygen atoms in total. The highest BCUT2D eigenvalue weighted by molar-refractivity contribution is 6.24. The average Bonchev–Trinajstić information content (AvgIpc) is 3.27. The second-order valence-corrected chi connectivity index (χ2v) is 8.41. The Morgan fingerprint density at radius 1 is 1.15 bits per heavy atom. The van der Waals surface area contributed by atoms with Crippen LogP contribution in [0.25, 0.3) is 16.9 Å². The van der Waals surface area contributed by atoms with Crippen molar-refractivity contribution in [3.05, 3.63) is 36.4 Å². The molecule has 1 atom stereocenters. The molecule has 3 aromatic heterocycles. The first-order chi connectivity index (χ1) is 16.1. The normalized spacial score (nSPS) is 19.3. The fourth-order valence-corrected chi connectivity index (χ4v) is 4.09. The van der Waals surface area contributed by atoms with Gasteiger partial charge in [0.25, 0.3) is 5.88 Å². The molecule has 2 aliphatic heterocycles. The first kappa shape index (κ1) is 23.9. The molecule has 0 bridgehead atoms. The SMILES string of the molecule is ClOCl.OC1CCN(c2nc(-c3cnn4ccccc34)nc(O[C@@H]3CCCNC3)c2F)CC1. The van der Waals surface area contributed by atoms with Crippen LogP contribution >= 0.6 is 23.7 Å². The number of fused-ring (bicyclic) bond motifs is 1. The Bertz CT molecular complexity index is 1060. The molecule has 33 heavy (non-hydrogen) atoms. The van der Waals surface area contributed by atoms with Crippen LogP contribution in [0.4, 0.5) is 10.2 Å². The van der Waals surface area contributed by atoms with Crippen LogP contribution in [0.15, 0.2) is 30.6 Å². The van der Waals surface area contributed by atoms with E-state index in [1.807, 2.05) is 29.3 Å². The zero-order valence-corrected chi connectivity index (χ0v) is 19.3. The molecule has 2 N–H and O–H groups in total. The summed E-state index contributed by atoms with van der Waals surface area (Å²) in [4.78, 5) is 10.9. The van der Waals surface area contributed by atoms with E-state index in [0.717, 1.165) is 30.5 Å². The lowest BCUT2D eigenvalue weighted by Crippen LogP contribution is -2.38. The van der Waals surface area contributed by atoms with Crippen molar-refractivity contribution in [2.24, 2.45) is 0 Å². The van der Waals surface area contributed by atoms with Gasteiger partial charge in [-0.15, -0.1) is 0 Å². The van der Waals surface area contributed by atoms with Crippen molar-refractivity contribution < 1.29 is 18.1 Å². The maximum atomic E-state index is 15.4. The fourth-order valence-electron chi connectivity index (χ4n) is 4.09. The van der Waals surface area contributed by atoms with Gasteiger partial charge in [-0.1, -0.05) is 6.07 Å². The highest BCUT2D eigenvalue weighted by atomic mass is 35.6. The van der Waals surface area contributed by atoms with Crippen molar-refractivity contribution >= 4 is 35.1 Å². The summed E-state index contributed by atoms with van der Waals surface area (Å²) in [6, 6.07) is 5.74. The van der Waals surface area contributed by atoms with Crippen molar-refractivity contribution in [2.45, 2.75) is 37.9 Å². The van der Waals surface area contributed by atoms with E-state index in [0.29, 0.717) is 38.3 Å². The van der Waals surface area contributed by atoms with E-state index in [1.54, 1.807) is 10.7 Å². The standard InChI is InChI=1S/C21H25FN6O2.Cl2O/c22-18-20(27-10-6-14(29)7-11-27)25-19(16-13-24-28-9-2-1-5-17(16)28)26-21(18)30-15-4-3-8-23-12-15;1-3-2/h1-2,5,9,13-15,23,29H,3-4,6-8,10-12H2;/t15-;/m1./s1. The van der Waals surface area contributed by atoms with E-state index in [2.05, 4.69) is 48.0 Å². The Labute approximate surface area is 200 Å². The Morgan fingerprint density at radius 3 is 2.67 bits per heavy atom. The molecule has 0 unspecified atom stereocenters. The molecule has 0 saturated carbocycles. The third-order valence-corrected chi connectivity index (χ3v) is 5.76. The number of nitrogens with one attached hydrogen (secondary N) is 1. The van der Waals surface area contributed by atoms with E-state index >= 15 is 4.39 Å². The molecule has 2 aliphatic rings. The summed E-state index contributed by atoms with van der Waals surface area (Å²) in [6.45, 7) is 2.68. The van der Waals surface area contributed by atoms with Gasteiger partial charge in [0.05, 0.1) is 47.1 Å². The maximum Gasteiger partial charge on any atom is 0.256 e. The summed E-state index contributed by atoms with van der Waals surface area (Å²) in [5, 5.41) is 17.5. The van der Waals surface area contributed by atoms with E-state index < -0.39 is 5.82 Å². The van der Waals surface area contributed by atoms with E-state index in [9.17, 15) is 5.11 Å². The Morgan fingerprint density at radius 2 is 1.94 bits per heavy atom. The van der Waals surface area contributed by atoms with Crippen LogP contribution in [-0.2, 0) is 3.84 Å². The number of hydrogen-bond donors (Lipinski definition) is 2. The molecular weight excluding hydrogens is 474 g/mol. The van der Waals surface area contributed by atoms with Gasteiger partial charge in [-0.2, -0.15) is 18.3 Å². The van der Waals surface area contributed by atoms with Crippen molar-refractivity contribution in [2.75, 3.05) is 31.1 Å². The lowest BCUT2D eigenvalue weighted by molar-refractivity contribution is 0.144. The first-order valence-electron chi connectivity index (χ1n) is 10.8. The molecule has 5 heterocycles. The van der Waals surface area contributed by atoms with Crippen LogP contribution in [0.3, 0.4) is 0 Å². The summed E-state index contributed by atoms with van der Waals surface area (Å²) in [6.07, 6.45) is 6.06. The number of ether oxygens (including phenoxy) is 1. The molecular formula is C21H25Cl2FN6O3. The van der Waals surface area contributed by atoms with E-state index in [4.69, 9.17) is 4.74 Å². The Hall–Kier alpha value is -2.24. The largest absolute Gasteiger partial charge is 0.471 e. The summed E-state index contributed by atoms with van der Waals surface area (Å²) in [7, 11) is 0. The quantitative estimate of drug-likeness (QED) is 0.565. The van der Waals surface area contributed by atoms with Crippen LogP contribution in [-0.4, -0.2) is 63.1 Å². The lowest BCUT2D eigenvalue weighted by Gasteiger charge is -2.31. The first-order valence-corrected chi connectivity index (χ1v) is 11.4. The van der Waals surface area contributed by atoms with Gasteiger partial charge in [-0.25, -0.2) is 9.50 Å². The minimum absolute atomic E-state index is 0.0231. The lowest BCUT2D eigenvalue weighted by atomic mass is 10.1. The maximum absolute atomic E-state index is 15.4. The molecule has 0 spiro atoms. The van der Waals surface area contributed by atoms with Crippen LogP contribution in [0, 0.1) is 5.82 Å². The third kappa shape index (κ3) is 5.64. The monoisotopic (exact) mass is 498 g/mol. The predicted octanol–water partition coefficient (Wildman–Crippen LogP) is 3.33. The molecule has 0 radical (unpaired) electrons. The molecule has 2 fully saturated rings. The minimum Gasteiger partial charge on any atom is -0.471 e. The minimum atomic E-state index is -0.544. The molecule has 0 aliphatic carbocycles. The predicted molar refractivity (Wildman–Crippen MR) is 123 cm³/mol. The third-order valence-electron chi connectivity index (χ3n) is 5.76. The van der Waals surface area contributed by atoms with Gasteiger partial charge in [0.15, 0.2) is 11.6 Å². The van der Waals surface area contributed by atoms with Gasteiger partial charge in [0.2, 0.25) is 5.82 Å². The van der Waals surface area contributed by atoms with Gasteiger partial charge in [0, 0.05) is 25.8 Å². The summed E-state index contributed by atoms with van der Waals surface area (Å²) in [5.41, 5.74) is 1.56. The topological polar surface area (TPSA) is 97.0 Å². The van der Waals surface area contributed by atoms with Gasteiger partial charge >= 0.3 is 0 Å². The van der Waals surface area contributed by atoms with Crippen molar-refractivity contribution in [1.82, 2.24) is 24.9 Å².